The normalized spacial score (nSPS) is 16.6. The molecule has 0 atom stereocenters. The Morgan fingerprint density at radius 3 is 2.42 bits per heavy atom. The van der Waals surface area contributed by atoms with E-state index in [2.05, 4.69) is 27.3 Å². The first-order chi connectivity index (χ1) is 17.6. The maximum Gasteiger partial charge on any atom is 0.254 e. The van der Waals surface area contributed by atoms with Crippen LogP contribution in [0.5, 0.6) is 0 Å². The number of aromatic amines is 1. The Morgan fingerprint density at radius 2 is 1.69 bits per heavy atom. The molecule has 2 aliphatic rings. The van der Waals surface area contributed by atoms with Gasteiger partial charge in [0.1, 0.15) is 0 Å². The van der Waals surface area contributed by atoms with Crippen molar-refractivity contribution in [1.29, 1.82) is 0 Å². The summed E-state index contributed by atoms with van der Waals surface area (Å²) in [5.41, 5.74) is 11.5. The van der Waals surface area contributed by atoms with Crippen molar-refractivity contribution in [3.8, 4) is 11.3 Å². The summed E-state index contributed by atoms with van der Waals surface area (Å²) in [6, 6.07) is 15.5. The highest BCUT2D eigenvalue weighted by molar-refractivity contribution is 6.14. The first kappa shape index (κ1) is 22.5. The number of nitrogens with two attached hydrogens (primary N) is 1. The fraction of sp³-hybridized carbons (Fsp3) is 0.296. The minimum atomic E-state index is -0.530. The molecule has 0 saturated carbocycles. The van der Waals surface area contributed by atoms with Crippen LogP contribution in [0.15, 0.2) is 48.5 Å². The number of fused-ring (bicyclic) bond motifs is 3. The van der Waals surface area contributed by atoms with Gasteiger partial charge in [0.05, 0.1) is 35.5 Å². The van der Waals surface area contributed by atoms with Crippen LogP contribution in [0.2, 0.25) is 0 Å². The fourth-order valence-electron chi connectivity index (χ4n) is 5.05. The number of rotatable bonds is 4. The molecule has 4 heterocycles. The summed E-state index contributed by atoms with van der Waals surface area (Å²) in [4.78, 5) is 37.7. The van der Waals surface area contributed by atoms with Gasteiger partial charge in [-0.25, -0.2) is 4.98 Å². The van der Waals surface area contributed by atoms with E-state index in [4.69, 9.17) is 15.5 Å². The van der Waals surface area contributed by atoms with E-state index in [1.165, 1.54) is 5.69 Å². The Bertz CT molecular complexity index is 1450. The number of nitrogens with one attached hydrogen (secondary N) is 2. The van der Waals surface area contributed by atoms with Gasteiger partial charge in [-0.1, -0.05) is 12.1 Å². The number of hydrogen-bond acceptors (Lipinski definition) is 6. The minimum absolute atomic E-state index is 0.0350. The molecule has 9 nitrogen and oxygen atoms in total. The summed E-state index contributed by atoms with van der Waals surface area (Å²) in [6.07, 6.45) is 0. The highest BCUT2D eigenvalue weighted by Gasteiger charge is 2.21. The number of ether oxygens (including phenoxy) is 1. The lowest BCUT2D eigenvalue weighted by atomic mass is 10.1. The number of primary amides is 1. The lowest BCUT2D eigenvalue weighted by Crippen LogP contribution is -2.43. The number of carbonyl (C=O) groups excluding carboxylic acids is 2. The number of H-pyrrole nitrogens is 1. The van der Waals surface area contributed by atoms with Crippen LogP contribution in [-0.2, 0) is 4.74 Å². The molecule has 0 radical (unpaired) electrons. The molecule has 2 amide bonds. The number of hydrogen-bond donors (Lipinski definition) is 3. The van der Waals surface area contributed by atoms with Gasteiger partial charge in [0, 0.05) is 67.0 Å². The van der Waals surface area contributed by atoms with E-state index in [-0.39, 0.29) is 5.91 Å². The molecule has 2 aromatic heterocycles. The van der Waals surface area contributed by atoms with E-state index in [0.29, 0.717) is 54.2 Å². The Balaban J connectivity index is 1.39. The van der Waals surface area contributed by atoms with Crippen molar-refractivity contribution < 1.29 is 14.3 Å². The Labute approximate surface area is 208 Å². The number of piperazine rings is 1. The van der Waals surface area contributed by atoms with E-state index < -0.39 is 5.91 Å². The van der Waals surface area contributed by atoms with Crippen molar-refractivity contribution in [2.24, 2.45) is 5.73 Å². The zero-order valence-electron chi connectivity index (χ0n) is 19.9. The smallest absolute Gasteiger partial charge is 0.254 e. The lowest BCUT2D eigenvalue weighted by Gasteiger charge is -2.29. The van der Waals surface area contributed by atoms with Crippen LogP contribution in [0.25, 0.3) is 33.2 Å². The zero-order chi connectivity index (χ0) is 24.6. The van der Waals surface area contributed by atoms with Crippen molar-refractivity contribution in [2.45, 2.75) is 0 Å². The van der Waals surface area contributed by atoms with E-state index >= 15 is 0 Å². The van der Waals surface area contributed by atoms with Gasteiger partial charge in [0.25, 0.3) is 11.8 Å². The number of nitrogens with zero attached hydrogens (tertiary/aromatic N) is 3. The number of carbonyl (C=O) groups is 2. The predicted molar refractivity (Wildman–Crippen MR) is 139 cm³/mol. The van der Waals surface area contributed by atoms with Gasteiger partial charge in [-0.15, -0.1) is 0 Å². The first-order valence-electron chi connectivity index (χ1n) is 12.3. The van der Waals surface area contributed by atoms with Crippen LogP contribution in [0.1, 0.15) is 20.7 Å². The Kier molecular flexibility index (Phi) is 5.79. The van der Waals surface area contributed by atoms with Crippen molar-refractivity contribution in [1.82, 2.24) is 20.2 Å². The molecule has 0 spiro atoms. The number of morpholine rings is 1. The second kappa shape index (κ2) is 9.25. The van der Waals surface area contributed by atoms with Gasteiger partial charge < -0.3 is 30.6 Å². The fourth-order valence-corrected chi connectivity index (χ4v) is 5.05. The van der Waals surface area contributed by atoms with Gasteiger partial charge >= 0.3 is 0 Å². The molecule has 2 fully saturated rings. The maximum absolute atomic E-state index is 13.0. The van der Waals surface area contributed by atoms with Gasteiger partial charge in [-0.2, -0.15) is 0 Å². The minimum Gasteiger partial charge on any atom is -0.378 e. The molecule has 0 aliphatic carbocycles. The van der Waals surface area contributed by atoms with E-state index in [0.717, 1.165) is 42.6 Å². The molecular formula is C27H28N6O3. The maximum atomic E-state index is 13.0. The molecule has 2 aromatic carbocycles. The van der Waals surface area contributed by atoms with Gasteiger partial charge in [-0.3, -0.25) is 9.59 Å². The molecule has 9 heteroatoms. The van der Waals surface area contributed by atoms with Crippen LogP contribution in [-0.4, -0.2) is 79.2 Å². The molecule has 4 aromatic rings. The number of anilines is 1. The van der Waals surface area contributed by atoms with Gasteiger partial charge in [0.15, 0.2) is 0 Å². The number of amides is 2. The third-order valence-corrected chi connectivity index (χ3v) is 7.01. The summed E-state index contributed by atoms with van der Waals surface area (Å²) in [7, 11) is 0. The summed E-state index contributed by atoms with van der Waals surface area (Å²) in [5, 5.41) is 4.21. The monoisotopic (exact) mass is 484 g/mol. The lowest BCUT2D eigenvalue weighted by molar-refractivity contribution is 0.0303. The molecule has 2 aliphatic heterocycles. The summed E-state index contributed by atoms with van der Waals surface area (Å²) < 4.78 is 5.36. The predicted octanol–water partition coefficient (Wildman–Crippen LogP) is 2.36. The van der Waals surface area contributed by atoms with Crippen molar-refractivity contribution in [2.75, 3.05) is 57.4 Å². The second-order valence-electron chi connectivity index (χ2n) is 9.22. The van der Waals surface area contributed by atoms with E-state index in [1.807, 2.05) is 30.3 Å². The van der Waals surface area contributed by atoms with E-state index in [9.17, 15) is 9.59 Å². The topological polar surface area (TPSA) is 117 Å². The molecule has 0 unspecified atom stereocenters. The van der Waals surface area contributed by atoms with Gasteiger partial charge in [-0.05, 0) is 36.4 Å². The van der Waals surface area contributed by atoms with Crippen molar-refractivity contribution in [3.63, 3.8) is 0 Å². The SMILES string of the molecule is NC(=O)c1cc(-c2ccc(N3CCNCC3)cc2)nc2c1[nH]c1cc(C(=O)N3CCOCC3)ccc12. The van der Waals surface area contributed by atoms with Gasteiger partial charge in [0.2, 0.25) is 0 Å². The molecule has 36 heavy (non-hydrogen) atoms. The third-order valence-electron chi connectivity index (χ3n) is 7.01. The van der Waals surface area contributed by atoms with Crippen LogP contribution in [0, 0.1) is 0 Å². The summed E-state index contributed by atoms with van der Waals surface area (Å²) >= 11 is 0. The van der Waals surface area contributed by atoms with Crippen molar-refractivity contribution in [3.05, 3.63) is 59.7 Å². The average Bonchev–Trinajstić information content (AvgIpc) is 3.31. The molecule has 184 valence electrons. The highest BCUT2D eigenvalue weighted by Crippen LogP contribution is 2.31. The largest absolute Gasteiger partial charge is 0.378 e. The second-order valence-corrected chi connectivity index (χ2v) is 9.22. The standard InChI is InChI=1S/C27H28N6O3/c28-26(34)21-16-22(17-1-4-19(5-2-17)32-9-7-29-8-10-32)30-24-20-6-3-18(15-23(20)31-25(21)24)27(35)33-11-13-36-14-12-33/h1-6,15-16,29,31H,7-14H2,(H2,28,34). The molecule has 0 bridgehead atoms. The molecular weight excluding hydrogens is 456 g/mol. The number of pyridine rings is 1. The summed E-state index contributed by atoms with van der Waals surface area (Å²) in [5.74, 6) is -0.565. The zero-order valence-corrected chi connectivity index (χ0v) is 19.9. The highest BCUT2D eigenvalue weighted by atomic mass is 16.5. The third kappa shape index (κ3) is 4.06. The van der Waals surface area contributed by atoms with Crippen molar-refractivity contribution >= 4 is 39.4 Å². The molecule has 4 N–H and O–H groups in total. The molecule has 6 rings (SSSR count). The number of benzene rings is 2. The quantitative estimate of drug-likeness (QED) is 0.410. The Hall–Kier alpha value is -3.95. The Morgan fingerprint density at radius 1 is 0.944 bits per heavy atom. The molecule has 2 saturated heterocycles. The van der Waals surface area contributed by atoms with Crippen LogP contribution >= 0.6 is 0 Å². The first-order valence-corrected chi connectivity index (χ1v) is 12.3. The summed E-state index contributed by atoms with van der Waals surface area (Å²) in [6.45, 7) is 6.14. The number of aromatic nitrogens is 2. The van der Waals surface area contributed by atoms with Crippen LogP contribution < -0.4 is 16.0 Å². The van der Waals surface area contributed by atoms with Crippen LogP contribution in [0.3, 0.4) is 0 Å². The average molecular weight is 485 g/mol. The van der Waals surface area contributed by atoms with Crippen LogP contribution in [0.4, 0.5) is 5.69 Å². The van der Waals surface area contributed by atoms with E-state index in [1.54, 1.807) is 11.0 Å².